The molecule has 0 saturated carbocycles. The maximum absolute atomic E-state index is 11.0. The molecule has 4 nitrogen and oxygen atoms in total. The van der Waals surface area contributed by atoms with Crippen molar-refractivity contribution in [1.82, 2.24) is 10.3 Å². The molecule has 1 heterocycles. The fraction of sp³-hybridized carbons (Fsp3) is 0.636. The first-order valence-electron chi connectivity index (χ1n) is 5.52. The summed E-state index contributed by atoms with van der Waals surface area (Å²) in [5, 5.41) is 13.0. The number of nitrogens with zero attached hydrogens (tertiary/aromatic N) is 1. The number of hydrogen-bond donors (Lipinski definition) is 2. The highest BCUT2D eigenvalue weighted by molar-refractivity contribution is 7.15. The SMILES string of the molecule is CC(C)CC(CNCc1ncc(Cl)s1)C(=O)O. The fourth-order valence-corrected chi connectivity index (χ4v) is 2.49. The molecule has 2 N–H and O–H groups in total. The van der Waals surface area contributed by atoms with Crippen LogP contribution in [0.4, 0.5) is 0 Å². The second-order valence-corrected chi connectivity index (χ2v) is 6.10. The van der Waals surface area contributed by atoms with Crippen LogP contribution in [-0.4, -0.2) is 22.6 Å². The lowest BCUT2D eigenvalue weighted by atomic mass is 9.97. The van der Waals surface area contributed by atoms with Crippen molar-refractivity contribution < 1.29 is 9.90 Å². The van der Waals surface area contributed by atoms with Crippen molar-refractivity contribution in [3.63, 3.8) is 0 Å². The highest BCUT2D eigenvalue weighted by Crippen LogP contribution is 2.18. The van der Waals surface area contributed by atoms with E-state index in [1.54, 1.807) is 6.20 Å². The monoisotopic (exact) mass is 276 g/mol. The second-order valence-electron chi connectivity index (χ2n) is 4.35. The molecule has 1 aromatic heterocycles. The Balaban J connectivity index is 2.34. The van der Waals surface area contributed by atoms with Crippen molar-refractivity contribution in [3.8, 4) is 0 Å². The number of rotatable bonds is 7. The van der Waals surface area contributed by atoms with Crippen LogP contribution in [0.3, 0.4) is 0 Å². The van der Waals surface area contributed by atoms with E-state index in [1.165, 1.54) is 11.3 Å². The average Bonchev–Trinajstić information content (AvgIpc) is 2.62. The van der Waals surface area contributed by atoms with Crippen LogP contribution in [0.1, 0.15) is 25.3 Å². The molecule has 0 radical (unpaired) electrons. The largest absolute Gasteiger partial charge is 0.481 e. The third kappa shape index (κ3) is 5.48. The number of carbonyl (C=O) groups is 1. The molecule has 0 fully saturated rings. The van der Waals surface area contributed by atoms with Gasteiger partial charge >= 0.3 is 5.97 Å². The Morgan fingerprint density at radius 1 is 1.65 bits per heavy atom. The standard InChI is InChI=1S/C11H17ClN2O2S/c1-7(2)3-8(11(15)16)4-13-6-10-14-5-9(12)17-10/h5,7-8,13H,3-4,6H2,1-2H3,(H,15,16). The van der Waals surface area contributed by atoms with E-state index in [0.29, 0.717) is 29.8 Å². The Morgan fingerprint density at radius 2 is 2.35 bits per heavy atom. The van der Waals surface area contributed by atoms with Gasteiger partial charge in [0.05, 0.1) is 12.1 Å². The number of aromatic nitrogens is 1. The molecule has 1 atom stereocenters. The van der Waals surface area contributed by atoms with E-state index in [4.69, 9.17) is 16.7 Å². The van der Waals surface area contributed by atoms with Crippen LogP contribution < -0.4 is 5.32 Å². The van der Waals surface area contributed by atoms with Crippen LogP contribution in [-0.2, 0) is 11.3 Å². The summed E-state index contributed by atoms with van der Waals surface area (Å²) >= 11 is 7.16. The summed E-state index contributed by atoms with van der Waals surface area (Å²) in [6.07, 6.45) is 2.28. The Labute approximate surface area is 110 Å². The zero-order valence-corrected chi connectivity index (χ0v) is 11.5. The Kier molecular flexibility index (Phi) is 5.88. The van der Waals surface area contributed by atoms with Crippen LogP contribution in [0.2, 0.25) is 4.34 Å². The van der Waals surface area contributed by atoms with Gasteiger partial charge in [0.2, 0.25) is 0 Å². The Bertz CT molecular complexity index is 368. The maximum Gasteiger partial charge on any atom is 0.307 e. The van der Waals surface area contributed by atoms with Crippen LogP contribution in [0, 0.1) is 11.8 Å². The molecule has 0 aliphatic rings. The molecule has 1 aromatic rings. The molecule has 17 heavy (non-hydrogen) atoms. The first-order chi connectivity index (χ1) is 7.99. The van der Waals surface area contributed by atoms with Gasteiger partial charge in [-0.3, -0.25) is 4.79 Å². The fourth-order valence-electron chi connectivity index (χ4n) is 1.56. The first kappa shape index (κ1) is 14.4. The summed E-state index contributed by atoms with van der Waals surface area (Å²) in [7, 11) is 0. The van der Waals surface area contributed by atoms with Crippen LogP contribution in [0.5, 0.6) is 0 Å². The van der Waals surface area contributed by atoms with E-state index in [1.807, 2.05) is 13.8 Å². The molecule has 96 valence electrons. The molecule has 0 aromatic carbocycles. The minimum absolute atomic E-state index is 0.342. The molecule has 1 rings (SSSR count). The Morgan fingerprint density at radius 3 is 2.82 bits per heavy atom. The predicted molar refractivity (Wildman–Crippen MR) is 69.4 cm³/mol. The van der Waals surface area contributed by atoms with Gasteiger partial charge in [-0.15, -0.1) is 11.3 Å². The topological polar surface area (TPSA) is 62.2 Å². The summed E-state index contributed by atoms with van der Waals surface area (Å²) in [6.45, 7) is 5.08. The summed E-state index contributed by atoms with van der Waals surface area (Å²) < 4.78 is 0.652. The summed E-state index contributed by atoms with van der Waals surface area (Å²) in [6, 6.07) is 0. The van der Waals surface area contributed by atoms with Crippen molar-refractivity contribution in [2.24, 2.45) is 11.8 Å². The molecule has 0 aliphatic carbocycles. The highest BCUT2D eigenvalue weighted by Gasteiger charge is 2.18. The van der Waals surface area contributed by atoms with E-state index in [-0.39, 0.29) is 5.92 Å². The minimum atomic E-state index is -0.747. The minimum Gasteiger partial charge on any atom is -0.481 e. The third-order valence-corrected chi connectivity index (χ3v) is 3.41. The zero-order valence-electron chi connectivity index (χ0n) is 9.94. The first-order valence-corrected chi connectivity index (χ1v) is 6.72. The number of halogens is 1. The van der Waals surface area contributed by atoms with E-state index >= 15 is 0 Å². The van der Waals surface area contributed by atoms with E-state index in [0.717, 1.165) is 5.01 Å². The number of hydrogen-bond acceptors (Lipinski definition) is 4. The van der Waals surface area contributed by atoms with Crippen molar-refractivity contribution in [2.75, 3.05) is 6.54 Å². The maximum atomic E-state index is 11.0. The molecule has 0 bridgehead atoms. The quantitative estimate of drug-likeness (QED) is 0.804. The average molecular weight is 277 g/mol. The van der Waals surface area contributed by atoms with Gasteiger partial charge in [-0.25, -0.2) is 4.98 Å². The van der Waals surface area contributed by atoms with Crippen molar-refractivity contribution in [2.45, 2.75) is 26.8 Å². The summed E-state index contributed by atoms with van der Waals surface area (Å²) in [5.41, 5.74) is 0. The summed E-state index contributed by atoms with van der Waals surface area (Å²) in [4.78, 5) is 15.1. The van der Waals surface area contributed by atoms with E-state index in [2.05, 4.69) is 10.3 Å². The van der Waals surface area contributed by atoms with Gasteiger partial charge in [-0.1, -0.05) is 25.4 Å². The lowest BCUT2D eigenvalue weighted by molar-refractivity contribution is -0.142. The number of nitrogens with one attached hydrogen (secondary N) is 1. The number of carboxylic acid groups (broad SMARTS) is 1. The molecule has 6 heteroatoms. The number of thiazole rings is 1. The van der Waals surface area contributed by atoms with Crippen molar-refractivity contribution in [3.05, 3.63) is 15.5 Å². The van der Waals surface area contributed by atoms with Crippen LogP contribution in [0.25, 0.3) is 0 Å². The summed E-state index contributed by atoms with van der Waals surface area (Å²) in [5.74, 6) is -0.707. The third-order valence-electron chi connectivity index (χ3n) is 2.30. The molecule has 0 amide bonds. The van der Waals surface area contributed by atoms with Gasteiger partial charge in [0.15, 0.2) is 0 Å². The van der Waals surface area contributed by atoms with Crippen LogP contribution in [0.15, 0.2) is 6.20 Å². The number of aliphatic carboxylic acids is 1. The number of carboxylic acids is 1. The van der Waals surface area contributed by atoms with Gasteiger partial charge in [0, 0.05) is 13.1 Å². The van der Waals surface area contributed by atoms with E-state index in [9.17, 15) is 4.79 Å². The Hall–Kier alpha value is -0.650. The molecular formula is C11H17ClN2O2S. The second kappa shape index (κ2) is 6.93. The highest BCUT2D eigenvalue weighted by atomic mass is 35.5. The smallest absolute Gasteiger partial charge is 0.307 e. The van der Waals surface area contributed by atoms with Gasteiger partial charge in [-0.2, -0.15) is 0 Å². The van der Waals surface area contributed by atoms with Gasteiger partial charge < -0.3 is 10.4 Å². The molecule has 0 saturated heterocycles. The lowest BCUT2D eigenvalue weighted by Gasteiger charge is -2.14. The molecule has 0 spiro atoms. The van der Waals surface area contributed by atoms with Gasteiger partial charge in [0.25, 0.3) is 0 Å². The zero-order chi connectivity index (χ0) is 12.8. The van der Waals surface area contributed by atoms with Gasteiger partial charge in [-0.05, 0) is 12.3 Å². The normalized spacial score (nSPS) is 12.9. The van der Waals surface area contributed by atoms with Crippen LogP contribution >= 0.6 is 22.9 Å². The predicted octanol–water partition coefficient (Wildman–Crippen LogP) is 2.63. The molecule has 0 aliphatic heterocycles. The molecular weight excluding hydrogens is 260 g/mol. The lowest BCUT2D eigenvalue weighted by Crippen LogP contribution is -2.29. The van der Waals surface area contributed by atoms with Crippen molar-refractivity contribution >= 4 is 28.9 Å². The van der Waals surface area contributed by atoms with Gasteiger partial charge in [0.1, 0.15) is 9.34 Å². The van der Waals surface area contributed by atoms with Crippen molar-refractivity contribution in [1.29, 1.82) is 0 Å². The molecule has 1 unspecified atom stereocenters. The van der Waals surface area contributed by atoms with E-state index < -0.39 is 5.97 Å².